The number of carbonyl (C=O) groups is 2. The number of likely N-dealkylation sites (N-methyl/N-ethyl adjacent to an activating group) is 1. The minimum Gasteiger partial charge on any atom is -0.348 e. The SMILES string of the molecule is CN(C)C(=O)CN1CCCN(CC(=O)Nc2ccc(I)cc2)CC1. The molecule has 0 aliphatic carbocycles. The van der Waals surface area contributed by atoms with Gasteiger partial charge in [0.15, 0.2) is 0 Å². The first kappa shape index (κ1) is 19.1. The van der Waals surface area contributed by atoms with Crippen molar-refractivity contribution >= 4 is 40.1 Å². The van der Waals surface area contributed by atoms with Gasteiger partial charge in [-0.1, -0.05) is 0 Å². The zero-order valence-electron chi connectivity index (χ0n) is 14.3. The first-order chi connectivity index (χ1) is 11.4. The minimum atomic E-state index is 0.00836. The molecule has 1 aliphatic rings. The van der Waals surface area contributed by atoms with Crippen LogP contribution in [-0.4, -0.2) is 79.9 Å². The van der Waals surface area contributed by atoms with Gasteiger partial charge in [0.1, 0.15) is 0 Å². The van der Waals surface area contributed by atoms with Crippen molar-refractivity contribution in [2.45, 2.75) is 6.42 Å². The van der Waals surface area contributed by atoms with Gasteiger partial charge in [-0.25, -0.2) is 0 Å². The molecule has 1 saturated heterocycles. The smallest absolute Gasteiger partial charge is 0.238 e. The summed E-state index contributed by atoms with van der Waals surface area (Å²) in [5, 5.41) is 2.94. The molecule has 0 saturated carbocycles. The van der Waals surface area contributed by atoms with Crippen LogP contribution in [0.5, 0.6) is 0 Å². The van der Waals surface area contributed by atoms with Gasteiger partial charge in [-0.2, -0.15) is 0 Å². The van der Waals surface area contributed by atoms with E-state index >= 15 is 0 Å². The van der Waals surface area contributed by atoms with E-state index in [0.717, 1.165) is 41.9 Å². The Morgan fingerprint density at radius 1 is 1.04 bits per heavy atom. The fourth-order valence-electron chi connectivity index (χ4n) is 2.61. The summed E-state index contributed by atoms with van der Waals surface area (Å²) < 4.78 is 1.14. The second kappa shape index (κ2) is 9.33. The number of nitrogens with one attached hydrogen (secondary N) is 1. The average molecular weight is 444 g/mol. The first-order valence-corrected chi connectivity index (χ1v) is 9.22. The average Bonchev–Trinajstić information content (AvgIpc) is 2.75. The second-order valence-corrected chi connectivity index (χ2v) is 7.49. The number of carbonyl (C=O) groups excluding carboxylic acids is 2. The van der Waals surface area contributed by atoms with E-state index in [1.54, 1.807) is 19.0 Å². The Balaban J connectivity index is 1.78. The normalized spacial score (nSPS) is 16.5. The molecule has 6 nitrogen and oxygen atoms in total. The van der Waals surface area contributed by atoms with Crippen molar-refractivity contribution in [2.24, 2.45) is 0 Å². The highest BCUT2D eigenvalue weighted by atomic mass is 127. The van der Waals surface area contributed by atoms with E-state index < -0.39 is 0 Å². The largest absolute Gasteiger partial charge is 0.348 e. The predicted molar refractivity (Wildman–Crippen MR) is 104 cm³/mol. The van der Waals surface area contributed by atoms with Crippen LogP contribution in [0.1, 0.15) is 6.42 Å². The lowest BCUT2D eigenvalue weighted by Crippen LogP contribution is -2.39. The van der Waals surface area contributed by atoms with Crippen molar-refractivity contribution in [3.63, 3.8) is 0 Å². The van der Waals surface area contributed by atoms with E-state index in [1.165, 1.54) is 0 Å². The summed E-state index contributed by atoms with van der Waals surface area (Å²) in [4.78, 5) is 30.0. The second-order valence-electron chi connectivity index (χ2n) is 6.25. The molecule has 0 bridgehead atoms. The van der Waals surface area contributed by atoms with Gasteiger partial charge in [-0.05, 0) is 66.4 Å². The predicted octanol–water partition coefficient (Wildman–Crippen LogP) is 1.33. The molecule has 1 fully saturated rings. The number of halogens is 1. The van der Waals surface area contributed by atoms with Gasteiger partial charge in [0, 0.05) is 36.4 Å². The zero-order chi connectivity index (χ0) is 17.5. The third-order valence-corrected chi connectivity index (χ3v) is 4.75. The Labute approximate surface area is 157 Å². The maximum Gasteiger partial charge on any atom is 0.238 e. The number of amides is 2. The third-order valence-electron chi connectivity index (χ3n) is 4.03. The molecule has 2 rings (SSSR count). The number of nitrogens with zero attached hydrogens (tertiary/aromatic N) is 3. The van der Waals surface area contributed by atoms with Crippen molar-refractivity contribution in [1.29, 1.82) is 0 Å². The van der Waals surface area contributed by atoms with Gasteiger partial charge < -0.3 is 10.2 Å². The third kappa shape index (κ3) is 6.37. The number of hydrogen-bond acceptors (Lipinski definition) is 4. The molecule has 1 aromatic rings. The Kier molecular flexibility index (Phi) is 7.44. The maximum absolute atomic E-state index is 12.2. The summed E-state index contributed by atoms with van der Waals surface area (Å²) in [6.07, 6.45) is 0.970. The first-order valence-electron chi connectivity index (χ1n) is 8.14. The molecule has 1 aliphatic heterocycles. The highest BCUT2D eigenvalue weighted by Gasteiger charge is 2.19. The Bertz CT molecular complexity index is 562. The van der Waals surface area contributed by atoms with Crippen LogP contribution >= 0.6 is 22.6 Å². The van der Waals surface area contributed by atoms with Crippen LogP contribution in [-0.2, 0) is 9.59 Å². The van der Waals surface area contributed by atoms with Gasteiger partial charge in [0.25, 0.3) is 0 Å². The van der Waals surface area contributed by atoms with Crippen LogP contribution in [0.2, 0.25) is 0 Å². The van der Waals surface area contributed by atoms with Crippen LogP contribution in [0.3, 0.4) is 0 Å². The molecule has 0 radical (unpaired) electrons. The number of hydrogen-bond donors (Lipinski definition) is 1. The molecule has 1 heterocycles. The number of anilines is 1. The molecule has 1 aromatic carbocycles. The molecule has 0 aromatic heterocycles. The van der Waals surface area contributed by atoms with Crippen LogP contribution in [0.4, 0.5) is 5.69 Å². The van der Waals surface area contributed by atoms with Crippen molar-refractivity contribution in [3.8, 4) is 0 Å². The Morgan fingerprint density at radius 3 is 2.21 bits per heavy atom. The quantitative estimate of drug-likeness (QED) is 0.697. The van der Waals surface area contributed by atoms with Crippen LogP contribution < -0.4 is 5.32 Å². The van der Waals surface area contributed by atoms with Gasteiger partial charge in [0.2, 0.25) is 11.8 Å². The standard InChI is InChI=1S/C17H25IN4O2/c1-20(2)17(24)13-22-9-3-8-21(10-11-22)12-16(23)19-15-6-4-14(18)5-7-15/h4-7H,3,8-13H2,1-2H3,(H,19,23). The van der Waals surface area contributed by atoms with Gasteiger partial charge in [-0.15, -0.1) is 0 Å². The maximum atomic E-state index is 12.2. The Morgan fingerprint density at radius 2 is 1.62 bits per heavy atom. The van der Waals surface area contributed by atoms with Crippen LogP contribution in [0.25, 0.3) is 0 Å². The van der Waals surface area contributed by atoms with E-state index in [4.69, 9.17) is 0 Å². The molecule has 7 heteroatoms. The topological polar surface area (TPSA) is 55.9 Å². The van der Waals surface area contributed by atoms with Crippen molar-refractivity contribution < 1.29 is 9.59 Å². The van der Waals surface area contributed by atoms with Crippen molar-refractivity contribution in [3.05, 3.63) is 27.8 Å². The molecule has 1 N–H and O–H groups in total. The zero-order valence-corrected chi connectivity index (χ0v) is 16.5. The molecule has 2 amide bonds. The van der Waals surface area contributed by atoms with E-state index in [1.807, 2.05) is 24.3 Å². The van der Waals surface area contributed by atoms with Crippen molar-refractivity contribution in [1.82, 2.24) is 14.7 Å². The molecule has 0 atom stereocenters. The van der Waals surface area contributed by atoms with E-state index in [2.05, 4.69) is 37.7 Å². The highest BCUT2D eigenvalue weighted by Crippen LogP contribution is 2.11. The lowest BCUT2D eigenvalue weighted by molar-refractivity contribution is -0.129. The van der Waals surface area contributed by atoms with Crippen LogP contribution in [0.15, 0.2) is 24.3 Å². The molecule has 24 heavy (non-hydrogen) atoms. The monoisotopic (exact) mass is 444 g/mol. The van der Waals surface area contributed by atoms with Crippen LogP contribution in [0, 0.1) is 3.57 Å². The molecule has 0 unspecified atom stereocenters. The Hall–Kier alpha value is -1.19. The number of benzene rings is 1. The van der Waals surface area contributed by atoms with Gasteiger partial charge >= 0.3 is 0 Å². The van der Waals surface area contributed by atoms with E-state index in [0.29, 0.717) is 13.1 Å². The molecule has 132 valence electrons. The summed E-state index contributed by atoms with van der Waals surface area (Å²) in [6, 6.07) is 7.77. The fraction of sp³-hybridized carbons (Fsp3) is 0.529. The number of rotatable bonds is 5. The molecule has 0 spiro atoms. The van der Waals surface area contributed by atoms with Gasteiger partial charge in [-0.3, -0.25) is 19.4 Å². The summed E-state index contributed by atoms with van der Waals surface area (Å²) in [6.45, 7) is 4.25. The lowest BCUT2D eigenvalue weighted by atomic mass is 10.3. The minimum absolute atomic E-state index is 0.00836. The van der Waals surface area contributed by atoms with E-state index in [-0.39, 0.29) is 11.8 Å². The molecular weight excluding hydrogens is 419 g/mol. The summed E-state index contributed by atoms with van der Waals surface area (Å²) >= 11 is 2.24. The summed E-state index contributed by atoms with van der Waals surface area (Å²) in [7, 11) is 3.56. The highest BCUT2D eigenvalue weighted by molar-refractivity contribution is 14.1. The van der Waals surface area contributed by atoms with E-state index in [9.17, 15) is 9.59 Å². The summed E-state index contributed by atoms with van der Waals surface area (Å²) in [5.41, 5.74) is 0.827. The van der Waals surface area contributed by atoms with Gasteiger partial charge in [0.05, 0.1) is 13.1 Å². The lowest BCUT2D eigenvalue weighted by Gasteiger charge is -2.22. The fourth-order valence-corrected chi connectivity index (χ4v) is 2.97. The van der Waals surface area contributed by atoms with Crippen molar-refractivity contribution in [2.75, 3.05) is 58.7 Å². The summed E-state index contributed by atoms with van der Waals surface area (Å²) in [5.74, 6) is 0.133. The molecular formula is C17H25IN4O2.